The number of pyridine rings is 1. The average Bonchev–Trinajstić information content (AvgIpc) is 2.95. The molecule has 0 aliphatic heterocycles. The number of β-amino-alcohol motifs (C(OH)–C–C–N with tert-alkyl or cyclic N) is 1. The highest BCUT2D eigenvalue weighted by Gasteiger charge is 2.27. The molecule has 0 saturated heterocycles. The SMILES string of the molecule is CCc1cc(-c2c(F)cccc2CCC(=O)O)ccc1S(=O)(=O)N(C)C[C@H](O)CNC(C)(C)CCCc1ccncc1. The van der Waals surface area contributed by atoms with Gasteiger partial charge in [-0.3, -0.25) is 9.78 Å². The molecule has 228 valence electrons. The van der Waals surface area contributed by atoms with E-state index in [9.17, 15) is 22.7 Å². The van der Waals surface area contributed by atoms with Gasteiger partial charge in [0.05, 0.1) is 11.0 Å². The van der Waals surface area contributed by atoms with E-state index in [0.717, 1.165) is 23.6 Å². The summed E-state index contributed by atoms with van der Waals surface area (Å²) in [6.45, 7) is 6.07. The number of aliphatic hydroxyl groups excluding tert-OH is 1. The number of nitrogens with zero attached hydrogens (tertiary/aromatic N) is 2. The van der Waals surface area contributed by atoms with Gasteiger partial charge < -0.3 is 15.5 Å². The first kappa shape index (κ1) is 33.3. The van der Waals surface area contributed by atoms with Crippen molar-refractivity contribution < 1.29 is 27.8 Å². The van der Waals surface area contributed by atoms with Gasteiger partial charge in [0.2, 0.25) is 10.0 Å². The molecule has 0 saturated carbocycles. The van der Waals surface area contributed by atoms with E-state index < -0.39 is 27.9 Å². The van der Waals surface area contributed by atoms with Crippen molar-refractivity contribution in [1.82, 2.24) is 14.6 Å². The third kappa shape index (κ3) is 9.16. The Kier molecular flexibility index (Phi) is 11.8. The van der Waals surface area contributed by atoms with Gasteiger partial charge in [0.1, 0.15) is 5.82 Å². The molecule has 0 amide bonds. The van der Waals surface area contributed by atoms with Crippen LogP contribution in [-0.2, 0) is 34.1 Å². The predicted molar refractivity (Wildman–Crippen MR) is 162 cm³/mol. The van der Waals surface area contributed by atoms with E-state index in [1.54, 1.807) is 30.6 Å². The Bertz CT molecular complexity index is 1450. The second kappa shape index (κ2) is 14.8. The fourth-order valence-electron chi connectivity index (χ4n) is 5.00. The van der Waals surface area contributed by atoms with Gasteiger partial charge in [-0.25, -0.2) is 12.8 Å². The van der Waals surface area contributed by atoms with Crippen LogP contribution in [0.1, 0.15) is 56.7 Å². The molecule has 0 radical (unpaired) electrons. The number of rotatable bonds is 16. The minimum Gasteiger partial charge on any atom is -0.481 e. The number of aliphatic hydroxyl groups is 1. The maximum absolute atomic E-state index is 14.9. The summed E-state index contributed by atoms with van der Waals surface area (Å²) in [5.74, 6) is -1.48. The van der Waals surface area contributed by atoms with Crippen LogP contribution in [0.2, 0.25) is 0 Å². The number of aliphatic carboxylic acids is 1. The fourth-order valence-corrected chi connectivity index (χ4v) is 6.48. The molecular formula is C32H42FN3O5S. The van der Waals surface area contributed by atoms with Gasteiger partial charge in [0.25, 0.3) is 0 Å². The molecule has 3 rings (SSSR count). The minimum absolute atomic E-state index is 0.0938. The van der Waals surface area contributed by atoms with E-state index in [4.69, 9.17) is 5.11 Å². The number of aromatic nitrogens is 1. The van der Waals surface area contributed by atoms with Crippen molar-refractivity contribution >= 4 is 16.0 Å². The van der Waals surface area contributed by atoms with Crippen molar-refractivity contribution in [1.29, 1.82) is 0 Å². The number of carbonyl (C=O) groups is 1. The molecular weight excluding hydrogens is 557 g/mol. The Balaban J connectivity index is 1.67. The second-order valence-electron chi connectivity index (χ2n) is 11.3. The highest BCUT2D eigenvalue weighted by molar-refractivity contribution is 7.89. The van der Waals surface area contributed by atoms with Crippen LogP contribution in [-0.4, -0.2) is 65.7 Å². The van der Waals surface area contributed by atoms with Crippen molar-refractivity contribution in [3.63, 3.8) is 0 Å². The maximum Gasteiger partial charge on any atom is 0.303 e. The number of aryl methyl sites for hydroxylation is 3. The normalized spacial score (nSPS) is 12.9. The van der Waals surface area contributed by atoms with Gasteiger partial charge in [0, 0.05) is 50.1 Å². The van der Waals surface area contributed by atoms with Gasteiger partial charge >= 0.3 is 5.97 Å². The Hall–Kier alpha value is -3.18. The highest BCUT2D eigenvalue weighted by Crippen LogP contribution is 2.32. The van der Waals surface area contributed by atoms with Gasteiger partial charge in [-0.1, -0.05) is 25.1 Å². The topological polar surface area (TPSA) is 120 Å². The summed E-state index contributed by atoms with van der Waals surface area (Å²) < 4.78 is 43.1. The summed E-state index contributed by atoms with van der Waals surface area (Å²) in [6, 6.07) is 13.2. The molecule has 1 atom stereocenters. The Morgan fingerprint density at radius 3 is 2.48 bits per heavy atom. The first-order valence-electron chi connectivity index (χ1n) is 14.2. The molecule has 8 nitrogen and oxygen atoms in total. The maximum atomic E-state index is 14.9. The lowest BCUT2D eigenvalue weighted by atomic mass is 9.94. The van der Waals surface area contributed by atoms with Gasteiger partial charge in [-0.2, -0.15) is 4.31 Å². The predicted octanol–water partition coefficient (Wildman–Crippen LogP) is 4.84. The minimum atomic E-state index is -3.95. The molecule has 10 heteroatoms. The van der Waals surface area contributed by atoms with E-state index >= 15 is 0 Å². The van der Waals surface area contributed by atoms with Crippen LogP contribution in [0.25, 0.3) is 11.1 Å². The number of sulfonamides is 1. The summed E-state index contributed by atoms with van der Waals surface area (Å²) in [6.07, 6.45) is 5.78. The largest absolute Gasteiger partial charge is 0.481 e. The van der Waals surface area contributed by atoms with E-state index in [1.165, 1.54) is 30.8 Å². The van der Waals surface area contributed by atoms with Gasteiger partial charge in [-0.05, 0) is 98.5 Å². The molecule has 0 aliphatic rings. The molecule has 42 heavy (non-hydrogen) atoms. The average molecular weight is 600 g/mol. The Labute approximate surface area is 248 Å². The van der Waals surface area contributed by atoms with Crippen LogP contribution in [0.4, 0.5) is 4.39 Å². The summed E-state index contributed by atoms with van der Waals surface area (Å²) in [7, 11) is -2.51. The smallest absolute Gasteiger partial charge is 0.303 e. The fraction of sp³-hybridized carbons (Fsp3) is 0.438. The summed E-state index contributed by atoms with van der Waals surface area (Å²) in [4.78, 5) is 15.2. The Morgan fingerprint density at radius 1 is 1.10 bits per heavy atom. The number of likely N-dealkylation sites (N-methyl/N-ethyl adjacent to an activating group) is 1. The first-order chi connectivity index (χ1) is 19.8. The van der Waals surface area contributed by atoms with Crippen molar-refractivity contribution in [2.45, 2.75) is 75.8 Å². The number of carboxylic acid groups (broad SMARTS) is 1. The van der Waals surface area contributed by atoms with Crippen molar-refractivity contribution in [2.24, 2.45) is 0 Å². The van der Waals surface area contributed by atoms with Crippen molar-refractivity contribution in [3.8, 4) is 11.1 Å². The van der Waals surface area contributed by atoms with Gasteiger partial charge in [0.15, 0.2) is 0 Å². The number of carboxylic acids is 1. The number of hydrogen-bond acceptors (Lipinski definition) is 6. The van der Waals surface area contributed by atoms with Crippen molar-refractivity contribution in [3.05, 3.63) is 83.4 Å². The van der Waals surface area contributed by atoms with Crippen LogP contribution < -0.4 is 5.32 Å². The molecule has 0 fully saturated rings. The van der Waals surface area contributed by atoms with E-state index in [-0.39, 0.29) is 41.9 Å². The Morgan fingerprint density at radius 2 is 1.81 bits per heavy atom. The lowest BCUT2D eigenvalue weighted by Crippen LogP contribution is -2.46. The number of hydrogen-bond donors (Lipinski definition) is 3. The molecule has 2 aromatic carbocycles. The zero-order valence-corrected chi connectivity index (χ0v) is 25.6. The van der Waals surface area contributed by atoms with E-state index in [0.29, 0.717) is 23.1 Å². The molecule has 0 bridgehead atoms. The summed E-state index contributed by atoms with van der Waals surface area (Å²) >= 11 is 0. The molecule has 0 unspecified atom stereocenters. The highest BCUT2D eigenvalue weighted by atomic mass is 32.2. The van der Waals surface area contributed by atoms with Gasteiger partial charge in [-0.15, -0.1) is 0 Å². The van der Waals surface area contributed by atoms with Crippen molar-refractivity contribution in [2.75, 3.05) is 20.1 Å². The first-order valence-corrected chi connectivity index (χ1v) is 15.7. The quantitative estimate of drug-likeness (QED) is 0.216. The summed E-state index contributed by atoms with van der Waals surface area (Å²) in [5.41, 5.74) is 2.79. The lowest BCUT2D eigenvalue weighted by molar-refractivity contribution is -0.136. The molecule has 1 heterocycles. The second-order valence-corrected chi connectivity index (χ2v) is 13.3. The molecule has 0 spiro atoms. The zero-order valence-electron chi connectivity index (χ0n) is 24.8. The van der Waals surface area contributed by atoms with Crippen LogP contribution >= 0.6 is 0 Å². The lowest BCUT2D eigenvalue weighted by Gasteiger charge is -2.29. The van der Waals surface area contributed by atoms with Crippen LogP contribution in [0.3, 0.4) is 0 Å². The standard InChI is InChI=1S/C32H42FN3O5S/c1-5-24-20-26(31-25(12-14-30(38)39)9-6-10-28(31)33)11-13-29(24)42(40,41)36(4)22-27(37)21-35-32(2,3)17-7-8-23-15-18-34-19-16-23/h6,9-11,13,15-16,18-20,27,35,37H,5,7-8,12,14,17,21-22H2,1-4H3,(H,38,39)/t27-/m1/s1. The monoisotopic (exact) mass is 599 g/mol. The molecule has 0 aliphatic carbocycles. The third-order valence-electron chi connectivity index (χ3n) is 7.43. The zero-order chi connectivity index (χ0) is 30.9. The van der Waals surface area contributed by atoms with Crippen LogP contribution in [0.15, 0.2) is 65.8 Å². The molecule has 3 N–H and O–H groups in total. The van der Waals surface area contributed by atoms with E-state index in [2.05, 4.69) is 24.1 Å². The number of benzene rings is 2. The van der Waals surface area contributed by atoms with E-state index in [1.807, 2.05) is 19.1 Å². The summed E-state index contributed by atoms with van der Waals surface area (Å²) in [5, 5.41) is 23.2. The molecule has 3 aromatic rings. The van der Waals surface area contributed by atoms with Crippen LogP contribution in [0, 0.1) is 5.82 Å². The number of nitrogens with one attached hydrogen (secondary N) is 1. The third-order valence-corrected chi connectivity index (χ3v) is 9.35. The number of halogens is 1. The molecule has 1 aromatic heterocycles. The van der Waals surface area contributed by atoms with Crippen LogP contribution in [0.5, 0.6) is 0 Å².